The number of amides is 3. The lowest BCUT2D eigenvalue weighted by Gasteiger charge is -2.24. The fraction of sp³-hybridized carbons (Fsp3) is 0.300. The summed E-state index contributed by atoms with van der Waals surface area (Å²) in [6.07, 6.45) is 1.47. The highest BCUT2D eigenvalue weighted by Crippen LogP contribution is 2.25. The van der Waals surface area contributed by atoms with Gasteiger partial charge in [0.25, 0.3) is 0 Å². The van der Waals surface area contributed by atoms with Gasteiger partial charge in [0.2, 0.25) is 5.91 Å². The number of likely N-dealkylation sites (tertiary alicyclic amines) is 1. The third kappa shape index (κ3) is 4.14. The number of ether oxygens (including phenoxy) is 1. The molecule has 0 radical (unpaired) electrons. The topological polar surface area (TPSA) is 70.7 Å². The second-order valence-corrected chi connectivity index (χ2v) is 6.19. The minimum absolute atomic E-state index is 0.124. The fourth-order valence-corrected chi connectivity index (χ4v) is 3.12. The normalized spacial score (nSPS) is 16.2. The molecule has 2 aromatic carbocycles. The maximum Gasteiger partial charge on any atom is 0.322 e. The highest BCUT2D eigenvalue weighted by molar-refractivity contribution is 5.95. The van der Waals surface area contributed by atoms with Crippen molar-refractivity contribution < 1.29 is 14.3 Å². The summed E-state index contributed by atoms with van der Waals surface area (Å²) in [5, 5.41) is 5.77. The number of para-hydroxylation sites is 2. The Bertz CT molecular complexity index is 764. The van der Waals surface area contributed by atoms with Crippen molar-refractivity contribution in [3.8, 4) is 5.75 Å². The minimum Gasteiger partial charge on any atom is -0.495 e. The largest absolute Gasteiger partial charge is 0.495 e. The fourth-order valence-electron chi connectivity index (χ4n) is 3.12. The van der Waals surface area contributed by atoms with E-state index in [1.54, 1.807) is 24.1 Å². The van der Waals surface area contributed by atoms with E-state index < -0.39 is 6.04 Å². The molecule has 6 heteroatoms. The van der Waals surface area contributed by atoms with Crippen LogP contribution >= 0.6 is 0 Å². The summed E-state index contributed by atoms with van der Waals surface area (Å²) in [7, 11) is 1.56. The van der Waals surface area contributed by atoms with Gasteiger partial charge in [0.15, 0.2) is 0 Å². The Kier molecular flexibility index (Phi) is 5.73. The maximum absolute atomic E-state index is 12.7. The van der Waals surface area contributed by atoms with Gasteiger partial charge in [-0.2, -0.15) is 0 Å². The molecular formula is C20H23N3O3. The van der Waals surface area contributed by atoms with Crippen LogP contribution in [0.4, 0.5) is 10.5 Å². The van der Waals surface area contributed by atoms with E-state index in [-0.39, 0.29) is 11.9 Å². The Morgan fingerprint density at radius 2 is 1.85 bits per heavy atom. The van der Waals surface area contributed by atoms with E-state index in [1.165, 1.54) is 0 Å². The molecule has 1 saturated heterocycles. The van der Waals surface area contributed by atoms with Crippen LogP contribution in [-0.2, 0) is 11.3 Å². The average molecular weight is 353 g/mol. The van der Waals surface area contributed by atoms with Crippen LogP contribution < -0.4 is 15.4 Å². The van der Waals surface area contributed by atoms with Gasteiger partial charge in [-0.1, -0.05) is 42.5 Å². The first-order valence-electron chi connectivity index (χ1n) is 8.71. The van der Waals surface area contributed by atoms with Gasteiger partial charge in [0, 0.05) is 13.1 Å². The summed E-state index contributed by atoms with van der Waals surface area (Å²) in [4.78, 5) is 26.8. The Balaban J connectivity index is 1.61. The van der Waals surface area contributed by atoms with E-state index in [9.17, 15) is 9.59 Å². The monoisotopic (exact) mass is 353 g/mol. The van der Waals surface area contributed by atoms with E-state index in [0.29, 0.717) is 30.9 Å². The SMILES string of the molecule is COc1ccccc1NC(=O)N1CCC[C@H]1C(=O)NCc1ccccc1. The zero-order chi connectivity index (χ0) is 18.4. The first kappa shape index (κ1) is 17.8. The number of nitrogens with one attached hydrogen (secondary N) is 2. The van der Waals surface area contributed by atoms with Crippen molar-refractivity contribution in [3.05, 3.63) is 60.2 Å². The van der Waals surface area contributed by atoms with Gasteiger partial charge >= 0.3 is 6.03 Å². The number of carbonyl (C=O) groups is 2. The lowest BCUT2D eigenvalue weighted by atomic mass is 10.2. The number of hydrogen-bond donors (Lipinski definition) is 2. The molecule has 3 rings (SSSR count). The third-order valence-corrected chi connectivity index (χ3v) is 4.47. The molecule has 3 amide bonds. The highest BCUT2D eigenvalue weighted by atomic mass is 16.5. The van der Waals surface area contributed by atoms with Crippen molar-refractivity contribution in [2.24, 2.45) is 0 Å². The Hall–Kier alpha value is -3.02. The lowest BCUT2D eigenvalue weighted by molar-refractivity contribution is -0.124. The molecule has 0 saturated carbocycles. The molecule has 26 heavy (non-hydrogen) atoms. The van der Waals surface area contributed by atoms with E-state index >= 15 is 0 Å². The van der Waals surface area contributed by atoms with E-state index in [0.717, 1.165) is 12.0 Å². The van der Waals surface area contributed by atoms with Crippen LogP contribution in [0.2, 0.25) is 0 Å². The Morgan fingerprint density at radius 3 is 2.62 bits per heavy atom. The summed E-state index contributed by atoms with van der Waals surface area (Å²) >= 11 is 0. The van der Waals surface area contributed by atoms with Gasteiger partial charge in [-0.3, -0.25) is 4.79 Å². The number of carbonyl (C=O) groups excluding carboxylic acids is 2. The zero-order valence-electron chi connectivity index (χ0n) is 14.8. The molecule has 0 aliphatic carbocycles. The first-order valence-corrected chi connectivity index (χ1v) is 8.71. The molecule has 0 aromatic heterocycles. The second-order valence-electron chi connectivity index (χ2n) is 6.19. The highest BCUT2D eigenvalue weighted by Gasteiger charge is 2.34. The van der Waals surface area contributed by atoms with Crippen molar-refractivity contribution in [1.82, 2.24) is 10.2 Å². The Labute approximate surface area is 153 Å². The second kappa shape index (κ2) is 8.38. The van der Waals surface area contributed by atoms with Crippen LogP contribution in [0.25, 0.3) is 0 Å². The number of methoxy groups -OCH3 is 1. The maximum atomic E-state index is 12.7. The smallest absolute Gasteiger partial charge is 0.322 e. The molecule has 6 nitrogen and oxygen atoms in total. The zero-order valence-corrected chi connectivity index (χ0v) is 14.8. The molecule has 0 unspecified atom stereocenters. The molecule has 136 valence electrons. The van der Waals surface area contributed by atoms with Crippen LogP contribution in [0.15, 0.2) is 54.6 Å². The lowest BCUT2D eigenvalue weighted by Crippen LogP contribution is -2.47. The van der Waals surface area contributed by atoms with Crippen molar-refractivity contribution in [3.63, 3.8) is 0 Å². The quantitative estimate of drug-likeness (QED) is 0.868. The third-order valence-electron chi connectivity index (χ3n) is 4.47. The van der Waals surface area contributed by atoms with Crippen LogP contribution in [0, 0.1) is 0 Å². The molecule has 2 N–H and O–H groups in total. The van der Waals surface area contributed by atoms with Gasteiger partial charge in [-0.05, 0) is 30.5 Å². The number of urea groups is 1. The van der Waals surface area contributed by atoms with Crippen LogP contribution in [-0.4, -0.2) is 36.5 Å². The predicted octanol–water partition coefficient (Wildman–Crippen LogP) is 3.01. The Morgan fingerprint density at radius 1 is 1.12 bits per heavy atom. The number of benzene rings is 2. The summed E-state index contributed by atoms with van der Waals surface area (Å²) in [5.41, 5.74) is 1.62. The summed E-state index contributed by atoms with van der Waals surface area (Å²) in [6, 6.07) is 16.2. The van der Waals surface area contributed by atoms with Crippen LogP contribution in [0.1, 0.15) is 18.4 Å². The van der Waals surface area contributed by atoms with Gasteiger partial charge in [-0.25, -0.2) is 4.79 Å². The predicted molar refractivity (Wildman–Crippen MR) is 100 cm³/mol. The van der Waals surface area contributed by atoms with E-state index in [4.69, 9.17) is 4.74 Å². The van der Waals surface area contributed by atoms with E-state index in [2.05, 4.69) is 10.6 Å². The molecule has 1 fully saturated rings. The van der Waals surface area contributed by atoms with Crippen molar-refractivity contribution in [2.45, 2.75) is 25.4 Å². The van der Waals surface area contributed by atoms with Gasteiger partial charge in [-0.15, -0.1) is 0 Å². The van der Waals surface area contributed by atoms with Crippen LogP contribution in [0.3, 0.4) is 0 Å². The van der Waals surface area contributed by atoms with E-state index in [1.807, 2.05) is 42.5 Å². The molecule has 2 aromatic rings. The molecule has 0 spiro atoms. The summed E-state index contributed by atoms with van der Waals surface area (Å²) in [5.74, 6) is 0.464. The minimum atomic E-state index is -0.451. The van der Waals surface area contributed by atoms with Crippen molar-refractivity contribution in [2.75, 3.05) is 19.0 Å². The first-order chi connectivity index (χ1) is 12.7. The van der Waals surface area contributed by atoms with Gasteiger partial charge in [0.05, 0.1) is 12.8 Å². The van der Waals surface area contributed by atoms with Gasteiger partial charge < -0.3 is 20.3 Å². The summed E-state index contributed by atoms with van der Waals surface area (Å²) in [6.45, 7) is 1.02. The molecule has 0 bridgehead atoms. The van der Waals surface area contributed by atoms with Crippen molar-refractivity contribution >= 4 is 17.6 Å². The molecule has 1 atom stereocenters. The average Bonchev–Trinajstić information content (AvgIpc) is 3.17. The number of nitrogens with zero attached hydrogens (tertiary/aromatic N) is 1. The summed E-state index contributed by atoms with van der Waals surface area (Å²) < 4.78 is 5.26. The number of hydrogen-bond acceptors (Lipinski definition) is 3. The number of rotatable bonds is 5. The standard InChI is InChI=1S/C20H23N3O3/c1-26-18-12-6-5-10-16(18)22-20(25)23-13-7-11-17(23)19(24)21-14-15-8-3-2-4-9-15/h2-6,8-10,12,17H,7,11,13-14H2,1H3,(H,21,24)(H,22,25)/t17-/m0/s1. The number of anilines is 1. The molecular weight excluding hydrogens is 330 g/mol. The van der Waals surface area contributed by atoms with Crippen LogP contribution in [0.5, 0.6) is 5.75 Å². The van der Waals surface area contributed by atoms with Gasteiger partial charge in [0.1, 0.15) is 11.8 Å². The molecule has 1 aliphatic heterocycles. The molecule has 1 heterocycles. The molecule has 1 aliphatic rings. The van der Waals surface area contributed by atoms with Crippen molar-refractivity contribution in [1.29, 1.82) is 0 Å².